The molecule has 0 unspecified atom stereocenters. The van der Waals surface area contributed by atoms with Crippen LogP contribution in [0.5, 0.6) is 11.5 Å². The number of hydrogen-bond donors (Lipinski definition) is 0. The van der Waals surface area contributed by atoms with Crippen molar-refractivity contribution in [3.63, 3.8) is 0 Å². The normalized spacial score (nSPS) is 11.3. The number of nitro benzene ring substituents is 1. The molecule has 0 heterocycles. The summed E-state index contributed by atoms with van der Waals surface area (Å²) in [7, 11) is 0. The van der Waals surface area contributed by atoms with Crippen LogP contribution in [0.25, 0.3) is 0 Å². The van der Waals surface area contributed by atoms with Crippen LogP contribution in [0, 0.1) is 15.5 Å². The van der Waals surface area contributed by atoms with Crippen molar-refractivity contribution in [2.45, 2.75) is 60.3 Å². The standard InChI is InChI=1S/C20H25NO3.C2H6/c1-19(2,3)14-20(4,5)15-7-6-8-18(13-15)24-17-11-9-16(10-12-17)21(22)23;1-2/h6-13H,14H2,1-5H3;1-2H3. The number of benzene rings is 2. The quantitative estimate of drug-likeness (QED) is 0.422. The molecule has 0 atom stereocenters. The summed E-state index contributed by atoms with van der Waals surface area (Å²) in [6.45, 7) is 15.2. The Labute approximate surface area is 157 Å². The van der Waals surface area contributed by atoms with Gasteiger partial charge in [-0.2, -0.15) is 0 Å². The number of rotatable bonds is 5. The molecule has 2 rings (SSSR count). The first-order chi connectivity index (χ1) is 12.1. The second kappa shape index (κ2) is 8.84. The minimum Gasteiger partial charge on any atom is -0.457 e. The molecule has 4 nitrogen and oxygen atoms in total. The van der Waals surface area contributed by atoms with Crippen molar-refractivity contribution in [2.24, 2.45) is 5.41 Å². The maximum atomic E-state index is 10.7. The first-order valence-electron chi connectivity index (χ1n) is 9.10. The maximum absolute atomic E-state index is 10.7. The summed E-state index contributed by atoms with van der Waals surface area (Å²) in [4.78, 5) is 10.3. The van der Waals surface area contributed by atoms with Crippen molar-refractivity contribution in [2.75, 3.05) is 0 Å². The Hall–Kier alpha value is -2.36. The predicted octanol–water partition coefficient (Wildman–Crippen LogP) is 7.13. The molecular formula is C22H31NO3. The fourth-order valence-corrected chi connectivity index (χ4v) is 3.18. The zero-order valence-electron chi connectivity index (χ0n) is 17.0. The number of ether oxygens (including phenoxy) is 1. The molecule has 0 fully saturated rings. The Kier molecular flexibility index (Phi) is 7.37. The number of nitro groups is 1. The number of non-ortho nitro benzene ring substituents is 1. The summed E-state index contributed by atoms with van der Waals surface area (Å²) in [6, 6.07) is 14.2. The fourth-order valence-electron chi connectivity index (χ4n) is 3.18. The van der Waals surface area contributed by atoms with E-state index in [2.05, 4.69) is 40.7 Å². The molecule has 0 saturated heterocycles. The lowest BCUT2D eigenvalue weighted by Crippen LogP contribution is -2.24. The highest BCUT2D eigenvalue weighted by Gasteiger charge is 2.27. The Bertz CT molecular complexity index is 713. The van der Waals surface area contributed by atoms with Gasteiger partial charge >= 0.3 is 0 Å². The fraction of sp³-hybridized carbons (Fsp3) is 0.455. The summed E-state index contributed by atoms with van der Waals surface area (Å²) in [6.07, 6.45) is 1.06. The molecule has 0 aliphatic rings. The molecule has 2 aromatic carbocycles. The Balaban J connectivity index is 0.00000163. The average Bonchev–Trinajstić information content (AvgIpc) is 2.55. The number of hydrogen-bond acceptors (Lipinski definition) is 3. The van der Waals surface area contributed by atoms with Gasteiger partial charge in [0.2, 0.25) is 0 Å². The van der Waals surface area contributed by atoms with E-state index in [1.807, 2.05) is 32.0 Å². The van der Waals surface area contributed by atoms with Gasteiger partial charge in [0, 0.05) is 12.1 Å². The first-order valence-corrected chi connectivity index (χ1v) is 9.10. The number of nitrogens with zero attached hydrogens (tertiary/aromatic N) is 1. The van der Waals surface area contributed by atoms with Crippen molar-refractivity contribution in [3.05, 3.63) is 64.2 Å². The Morgan fingerprint density at radius 2 is 1.50 bits per heavy atom. The molecule has 26 heavy (non-hydrogen) atoms. The first kappa shape index (κ1) is 21.7. The SMILES string of the molecule is CC.CC(C)(C)CC(C)(C)c1cccc(Oc2ccc([N+](=O)[O-])cc2)c1. The van der Waals surface area contributed by atoms with Crippen molar-refractivity contribution in [1.29, 1.82) is 0 Å². The molecular weight excluding hydrogens is 326 g/mol. The van der Waals surface area contributed by atoms with Crippen LogP contribution in [0.3, 0.4) is 0 Å². The molecule has 0 aliphatic carbocycles. The molecule has 0 aliphatic heterocycles. The maximum Gasteiger partial charge on any atom is 0.269 e. The minimum absolute atomic E-state index is 0.0348. The monoisotopic (exact) mass is 357 g/mol. The average molecular weight is 357 g/mol. The van der Waals surface area contributed by atoms with E-state index in [1.54, 1.807) is 12.1 Å². The van der Waals surface area contributed by atoms with Crippen LogP contribution in [0.15, 0.2) is 48.5 Å². The minimum atomic E-state index is -0.417. The lowest BCUT2D eigenvalue weighted by molar-refractivity contribution is -0.384. The van der Waals surface area contributed by atoms with E-state index in [4.69, 9.17) is 4.74 Å². The van der Waals surface area contributed by atoms with Gasteiger partial charge in [0.25, 0.3) is 5.69 Å². The second-order valence-corrected chi connectivity index (χ2v) is 8.00. The molecule has 0 amide bonds. The summed E-state index contributed by atoms with van der Waals surface area (Å²) >= 11 is 0. The van der Waals surface area contributed by atoms with Crippen molar-refractivity contribution < 1.29 is 9.66 Å². The summed E-state index contributed by atoms with van der Waals surface area (Å²) in [5, 5.41) is 10.7. The van der Waals surface area contributed by atoms with Gasteiger partial charge in [0.05, 0.1) is 4.92 Å². The molecule has 4 heteroatoms. The third kappa shape index (κ3) is 6.51. The molecule has 0 spiro atoms. The topological polar surface area (TPSA) is 52.4 Å². The van der Waals surface area contributed by atoms with E-state index in [0.29, 0.717) is 5.75 Å². The third-order valence-electron chi connectivity index (χ3n) is 3.87. The van der Waals surface area contributed by atoms with Crippen LogP contribution in [-0.2, 0) is 5.41 Å². The van der Waals surface area contributed by atoms with Gasteiger partial charge in [-0.15, -0.1) is 0 Å². The molecule has 2 aromatic rings. The van der Waals surface area contributed by atoms with Crippen LogP contribution in [-0.4, -0.2) is 4.92 Å². The lowest BCUT2D eigenvalue weighted by atomic mass is 9.72. The van der Waals surface area contributed by atoms with Crippen molar-refractivity contribution in [3.8, 4) is 11.5 Å². The van der Waals surface area contributed by atoms with Gasteiger partial charge in [-0.05, 0) is 47.1 Å². The molecule has 0 bridgehead atoms. The highest BCUT2D eigenvalue weighted by molar-refractivity contribution is 5.40. The van der Waals surface area contributed by atoms with Gasteiger partial charge in [0.15, 0.2) is 0 Å². The zero-order chi connectivity index (χ0) is 20.0. The van der Waals surface area contributed by atoms with Crippen molar-refractivity contribution in [1.82, 2.24) is 0 Å². The molecule has 142 valence electrons. The van der Waals surface area contributed by atoms with Gasteiger partial charge in [-0.1, -0.05) is 60.6 Å². The van der Waals surface area contributed by atoms with Gasteiger partial charge in [-0.25, -0.2) is 0 Å². The Morgan fingerprint density at radius 3 is 2.00 bits per heavy atom. The zero-order valence-corrected chi connectivity index (χ0v) is 17.0. The second-order valence-electron chi connectivity index (χ2n) is 8.00. The van der Waals surface area contributed by atoms with E-state index >= 15 is 0 Å². The Morgan fingerprint density at radius 1 is 0.923 bits per heavy atom. The van der Waals surface area contributed by atoms with Crippen molar-refractivity contribution >= 4 is 5.69 Å². The van der Waals surface area contributed by atoms with E-state index in [9.17, 15) is 10.1 Å². The van der Waals surface area contributed by atoms with Gasteiger partial charge in [-0.3, -0.25) is 10.1 Å². The molecule has 0 N–H and O–H groups in total. The van der Waals surface area contributed by atoms with E-state index < -0.39 is 4.92 Å². The summed E-state index contributed by atoms with van der Waals surface area (Å²) in [5.41, 5.74) is 1.55. The van der Waals surface area contributed by atoms with Crippen LogP contribution in [0.1, 0.15) is 60.5 Å². The summed E-state index contributed by atoms with van der Waals surface area (Å²) < 4.78 is 5.86. The van der Waals surface area contributed by atoms with E-state index in [-0.39, 0.29) is 16.5 Å². The van der Waals surface area contributed by atoms with Crippen LogP contribution < -0.4 is 4.74 Å². The van der Waals surface area contributed by atoms with Gasteiger partial charge < -0.3 is 4.74 Å². The van der Waals surface area contributed by atoms with E-state index in [0.717, 1.165) is 12.2 Å². The highest BCUT2D eigenvalue weighted by atomic mass is 16.6. The summed E-state index contributed by atoms with van der Waals surface area (Å²) in [5.74, 6) is 1.33. The predicted molar refractivity (Wildman–Crippen MR) is 108 cm³/mol. The van der Waals surface area contributed by atoms with Crippen LogP contribution in [0.4, 0.5) is 5.69 Å². The molecule has 0 saturated carbocycles. The molecule has 0 aromatic heterocycles. The van der Waals surface area contributed by atoms with E-state index in [1.165, 1.54) is 17.7 Å². The van der Waals surface area contributed by atoms with Crippen LogP contribution in [0.2, 0.25) is 0 Å². The smallest absolute Gasteiger partial charge is 0.269 e. The largest absolute Gasteiger partial charge is 0.457 e. The van der Waals surface area contributed by atoms with Gasteiger partial charge in [0.1, 0.15) is 11.5 Å². The molecule has 0 radical (unpaired) electrons. The highest BCUT2D eigenvalue weighted by Crippen LogP contribution is 2.37. The van der Waals surface area contributed by atoms with Crippen LogP contribution >= 0.6 is 0 Å². The lowest BCUT2D eigenvalue weighted by Gasteiger charge is -2.33. The third-order valence-corrected chi connectivity index (χ3v) is 3.87.